The molecule has 1 nitrogen and oxygen atoms in total. The van der Waals surface area contributed by atoms with E-state index in [0.29, 0.717) is 0 Å². The molecule has 0 heterocycles. The lowest BCUT2D eigenvalue weighted by atomic mass is 9.43. The van der Waals surface area contributed by atoms with Crippen molar-refractivity contribution in [3.63, 3.8) is 0 Å². The molecule has 6 aliphatic carbocycles. The lowest BCUT2D eigenvalue weighted by Crippen LogP contribution is -2.55. The van der Waals surface area contributed by atoms with Gasteiger partial charge in [-0.15, -0.1) is 0 Å². The summed E-state index contributed by atoms with van der Waals surface area (Å²) in [7, 11) is 0. The number of nitrogens with zero attached hydrogens (tertiary/aromatic N) is 1. The smallest absolute Gasteiger partial charge is 0.0540 e. The normalized spacial score (nSPS) is 22.9. The van der Waals surface area contributed by atoms with Gasteiger partial charge in [0.1, 0.15) is 0 Å². The molecule has 1 heteroatoms. The maximum atomic E-state index is 2.61. The number of anilines is 3. The van der Waals surface area contributed by atoms with Gasteiger partial charge in [0.05, 0.1) is 5.69 Å². The summed E-state index contributed by atoms with van der Waals surface area (Å²) in [6.07, 6.45) is 7.13. The molecule has 0 unspecified atom stereocenters. The Kier molecular flexibility index (Phi) is 7.91. The van der Waals surface area contributed by atoms with E-state index in [1.165, 1.54) is 98.9 Å². The molecule has 4 saturated carbocycles. The standard InChI is InChI=1S/C61H51N/c1-60(2)55-17-9-6-15-51(55)53-31-29-49(38-57(53)60)62(59-19-11-8-14-50(59)44-12-4-3-5-13-44)48-27-24-42(25-28-48)41-20-22-43(23-21-41)45-26-30-54-52-16-7-10-18-56(52)61(58(54)37-45)46-33-39-32-40(35-46)36-47(61)34-39/h3-31,37-40,46-47H,32-36H2,1-2H3. The molecule has 4 bridgehead atoms. The number of benzene rings is 8. The first-order valence-electron chi connectivity index (χ1n) is 23.1. The molecule has 0 saturated heterocycles. The van der Waals surface area contributed by atoms with Gasteiger partial charge in [-0.05, 0) is 164 Å². The highest BCUT2D eigenvalue weighted by atomic mass is 15.1. The molecule has 0 amide bonds. The van der Waals surface area contributed by atoms with E-state index in [1.54, 1.807) is 11.1 Å². The van der Waals surface area contributed by atoms with E-state index in [0.717, 1.165) is 40.7 Å². The van der Waals surface area contributed by atoms with Crippen LogP contribution >= 0.6 is 0 Å². The Labute approximate surface area is 366 Å². The Morgan fingerprint density at radius 3 is 1.53 bits per heavy atom. The molecule has 4 fully saturated rings. The van der Waals surface area contributed by atoms with Crippen LogP contribution in [0.15, 0.2) is 188 Å². The quantitative estimate of drug-likeness (QED) is 0.162. The summed E-state index contributed by atoms with van der Waals surface area (Å²) < 4.78 is 0. The molecule has 0 N–H and O–H groups in total. The average molecular weight is 798 g/mol. The van der Waals surface area contributed by atoms with Crippen molar-refractivity contribution in [1.82, 2.24) is 0 Å². The zero-order valence-electron chi connectivity index (χ0n) is 35.7. The zero-order chi connectivity index (χ0) is 41.2. The van der Waals surface area contributed by atoms with Gasteiger partial charge in [-0.25, -0.2) is 0 Å². The van der Waals surface area contributed by atoms with Crippen LogP contribution in [0.25, 0.3) is 55.6 Å². The van der Waals surface area contributed by atoms with Crippen LogP contribution in [0.5, 0.6) is 0 Å². The fourth-order valence-electron chi connectivity index (χ4n) is 13.8. The lowest BCUT2D eigenvalue weighted by molar-refractivity contribution is -0.0399. The van der Waals surface area contributed by atoms with E-state index in [4.69, 9.17) is 0 Å². The first-order chi connectivity index (χ1) is 30.4. The van der Waals surface area contributed by atoms with E-state index in [-0.39, 0.29) is 10.8 Å². The van der Waals surface area contributed by atoms with Crippen LogP contribution in [0.3, 0.4) is 0 Å². The molecule has 0 radical (unpaired) electrons. The second kappa shape index (κ2) is 13.5. The van der Waals surface area contributed by atoms with Crippen LogP contribution in [0.2, 0.25) is 0 Å². The number of rotatable bonds is 6. The van der Waals surface area contributed by atoms with E-state index in [9.17, 15) is 0 Å². The SMILES string of the molecule is CC1(C)c2ccccc2-c2ccc(N(c3ccc(-c4ccc(-c5ccc6c(c5)C5(c7ccccc7-6)C6CC7CC(C6)CC5C7)cc4)cc3)c3ccccc3-c3ccccc3)cc21. The molecule has 14 rings (SSSR count). The van der Waals surface area contributed by atoms with Crippen LogP contribution in [0.1, 0.15) is 68.2 Å². The van der Waals surface area contributed by atoms with Crippen molar-refractivity contribution < 1.29 is 0 Å². The van der Waals surface area contributed by atoms with Crippen molar-refractivity contribution in [3.05, 3.63) is 210 Å². The van der Waals surface area contributed by atoms with E-state index >= 15 is 0 Å². The third-order valence-electron chi connectivity index (χ3n) is 16.3. The molecular weight excluding hydrogens is 747 g/mol. The van der Waals surface area contributed by atoms with Gasteiger partial charge >= 0.3 is 0 Å². The van der Waals surface area contributed by atoms with Gasteiger partial charge < -0.3 is 4.90 Å². The molecule has 0 aliphatic heterocycles. The summed E-state index contributed by atoms with van der Waals surface area (Å²) in [4.78, 5) is 2.46. The predicted octanol–water partition coefficient (Wildman–Crippen LogP) is 16.2. The summed E-state index contributed by atoms with van der Waals surface area (Å²) in [5.74, 6) is 3.44. The van der Waals surface area contributed by atoms with Gasteiger partial charge in [0.15, 0.2) is 0 Å². The van der Waals surface area contributed by atoms with Crippen LogP contribution in [-0.2, 0) is 10.8 Å². The predicted molar refractivity (Wildman–Crippen MR) is 258 cm³/mol. The maximum Gasteiger partial charge on any atom is 0.0540 e. The Hall–Kier alpha value is -6.44. The molecule has 8 aromatic carbocycles. The van der Waals surface area contributed by atoms with E-state index in [2.05, 4.69) is 207 Å². The molecular formula is C61H51N. The van der Waals surface area contributed by atoms with Gasteiger partial charge in [-0.2, -0.15) is 0 Å². The summed E-state index contributed by atoms with van der Waals surface area (Å²) >= 11 is 0. The van der Waals surface area contributed by atoms with Crippen LogP contribution in [-0.4, -0.2) is 0 Å². The first-order valence-corrected chi connectivity index (χ1v) is 23.1. The fourth-order valence-corrected chi connectivity index (χ4v) is 13.8. The Morgan fingerprint density at radius 2 is 0.839 bits per heavy atom. The number of para-hydroxylation sites is 1. The maximum absolute atomic E-state index is 2.61. The Balaban J connectivity index is 0.857. The minimum absolute atomic E-state index is 0.0933. The largest absolute Gasteiger partial charge is 0.310 e. The monoisotopic (exact) mass is 797 g/mol. The number of hydrogen-bond acceptors (Lipinski definition) is 1. The number of fused-ring (bicyclic) bond motifs is 6. The molecule has 6 aliphatic rings. The number of hydrogen-bond donors (Lipinski definition) is 0. The van der Waals surface area contributed by atoms with Crippen molar-refractivity contribution in [2.75, 3.05) is 4.90 Å². The van der Waals surface area contributed by atoms with Crippen LogP contribution in [0.4, 0.5) is 17.1 Å². The van der Waals surface area contributed by atoms with Gasteiger partial charge in [0, 0.05) is 27.8 Å². The second-order valence-electron chi connectivity index (χ2n) is 19.7. The summed E-state index contributed by atoms with van der Waals surface area (Å²) in [6.45, 7) is 4.74. The molecule has 0 aromatic heterocycles. The van der Waals surface area contributed by atoms with Crippen molar-refractivity contribution >= 4 is 17.1 Å². The first kappa shape index (κ1) is 36.2. The highest BCUT2D eigenvalue weighted by molar-refractivity contribution is 5.91. The van der Waals surface area contributed by atoms with Crippen molar-refractivity contribution in [3.8, 4) is 55.6 Å². The average Bonchev–Trinajstić information content (AvgIpc) is 3.73. The van der Waals surface area contributed by atoms with Crippen molar-refractivity contribution in [1.29, 1.82) is 0 Å². The van der Waals surface area contributed by atoms with Crippen molar-refractivity contribution in [2.24, 2.45) is 23.7 Å². The minimum atomic E-state index is -0.0933. The third-order valence-corrected chi connectivity index (χ3v) is 16.3. The minimum Gasteiger partial charge on any atom is -0.310 e. The topological polar surface area (TPSA) is 3.24 Å². The highest BCUT2D eigenvalue weighted by Gasteiger charge is 2.61. The van der Waals surface area contributed by atoms with E-state index < -0.39 is 0 Å². The molecule has 8 aromatic rings. The molecule has 1 spiro atoms. The summed E-state index contributed by atoms with van der Waals surface area (Å²) in [6, 6.07) is 71.1. The zero-order valence-corrected chi connectivity index (χ0v) is 35.7. The highest BCUT2D eigenvalue weighted by Crippen LogP contribution is 2.69. The summed E-state index contributed by atoms with van der Waals surface area (Å²) in [5.41, 5.74) is 22.8. The van der Waals surface area contributed by atoms with Gasteiger partial charge in [-0.1, -0.05) is 166 Å². The summed E-state index contributed by atoms with van der Waals surface area (Å²) in [5, 5.41) is 0. The molecule has 62 heavy (non-hydrogen) atoms. The van der Waals surface area contributed by atoms with Crippen LogP contribution < -0.4 is 4.90 Å². The van der Waals surface area contributed by atoms with Gasteiger partial charge in [0.2, 0.25) is 0 Å². The fraction of sp³-hybridized carbons (Fsp3) is 0.213. The van der Waals surface area contributed by atoms with Gasteiger partial charge in [-0.3, -0.25) is 0 Å². The second-order valence-corrected chi connectivity index (χ2v) is 19.7. The Bertz CT molecular complexity index is 3010. The molecule has 300 valence electrons. The Morgan fingerprint density at radius 1 is 0.355 bits per heavy atom. The van der Waals surface area contributed by atoms with Gasteiger partial charge in [0.25, 0.3) is 0 Å². The van der Waals surface area contributed by atoms with Crippen LogP contribution in [0, 0.1) is 23.7 Å². The molecule has 0 atom stereocenters. The van der Waals surface area contributed by atoms with E-state index in [1.807, 2.05) is 0 Å². The third kappa shape index (κ3) is 5.21. The lowest BCUT2D eigenvalue weighted by Gasteiger charge is -2.61. The van der Waals surface area contributed by atoms with Crippen molar-refractivity contribution in [2.45, 2.75) is 56.8 Å².